The second-order valence-corrected chi connectivity index (χ2v) is 6.77. The van der Waals surface area contributed by atoms with E-state index in [1.807, 2.05) is 29.8 Å². The van der Waals surface area contributed by atoms with Crippen LogP contribution in [-0.2, 0) is 6.54 Å². The van der Waals surface area contributed by atoms with Gasteiger partial charge in [-0.1, -0.05) is 29.8 Å². The van der Waals surface area contributed by atoms with E-state index in [1.54, 1.807) is 6.20 Å². The Morgan fingerprint density at radius 3 is 2.66 bits per heavy atom. The molecule has 0 bridgehead atoms. The van der Waals surface area contributed by atoms with Crippen LogP contribution in [0.5, 0.6) is 0 Å². The number of nitrogens with zero attached hydrogens (tertiary/aromatic N) is 2. The van der Waals surface area contributed by atoms with Gasteiger partial charge in [-0.15, -0.1) is 0 Å². The number of anilines is 1. The first kappa shape index (κ1) is 18.6. The molecule has 1 amide bonds. The SMILES string of the molecule is Cc1ccc(-c2cc(CNc3ccc(C(=O)NO)cc3F)c3nccn3c2)cc1. The molecule has 0 spiro atoms. The minimum atomic E-state index is -0.764. The third-order valence-corrected chi connectivity index (χ3v) is 4.75. The molecule has 2 aromatic heterocycles. The predicted molar refractivity (Wildman–Crippen MR) is 108 cm³/mol. The zero-order valence-corrected chi connectivity index (χ0v) is 15.7. The molecule has 0 aliphatic carbocycles. The summed E-state index contributed by atoms with van der Waals surface area (Å²) in [6.45, 7) is 2.39. The van der Waals surface area contributed by atoms with Gasteiger partial charge < -0.3 is 9.72 Å². The van der Waals surface area contributed by atoms with Gasteiger partial charge in [0, 0.05) is 36.3 Å². The number of carbonyl (C=O) groups is 1. The Hall–Kier alpha value is -3.71. The molecule has 3 N–H and O–H groups in total. The van der Waals surface area contributed by atoms with E-state index in [0.717, 1.165) is 28.4 Å². The molecule has 0 saturated carbocycles. The molecule has 7 heteroatoms. The summed E-state index contributed by atoms with van der Waals surface area (Å²) in [7, 11) is 0. The van der Waals surface area contributed by atoms with Crippen LogP contribution in [0, 0.1) is 12.7 Å². The molecule has 29 heavy (non-hydrogen) atoms. The maximum absolute atomic E-state index is 14.3. The van der Waals surface area contributed by atoms with E-state index >= 15 is 0 Å². The van der Waals surface area contributed by atoms with Crippen LogP contribution in [0.2, 0.25) is 0 Å². The summed E-state index contributed by atoms with van der Waals surface area (Å²) < 4.78 is 16.3. The number of imidazole rings is 1. The van der Waals surface area contributed by atoms with Gasteiger partial charge in [0.15, 0.2) is 0 Å². The van der Waals surface area contributed by atoms with Crippen LogP contribution >= 0.6 is 0 Å². The van der Waals surface area contributed by atoms with Gasteiger partial charge in [0.2, 0.25) is 0 Å². The number of fused-ring (bicyclic) bond motifs is 1. The Labute approximate surface area is 166 Å². The number of hydrogen-bond acceptors (Lipinski definition) is 4. The van der Waals surface area contributed by atoms with Crippen LogP contribution < -0.4 is 10.8 Å². The maximum atomic E-state index is 14.3. The molecule has 2 aromatic carbocycles. The second-order valence-electron chi connectivity index (χ2n) is 6.77. The van der Waals surface area contributed by atoms with Crippen LogP contribution in [0.15, 0.2) is 67.1 Å². The zero-order valence-electron chi connectivity index (χ0n) is 15.7. The zero-order chi connectivity index (χ0) is 20.4. The topological polar surface area (TPSA) is 78.7 Å². The third kappa shape index (κ3) is 3.81. The highest BCUT2D eigenvalue weighted by atomic mass is 19.1. The Bertz CT molecular complexity index is 1190. The van der Waals surface area contributed by atoms with Gasteiger partial charge in [-0.25, -0.2) is 14.9 Å². The van der Waals surface area contributed by atoms with E-state index in [4.69, 9.17) is 5.21 Å². The number of aromatic nitrogens is 2. The molecule has 0 saturated heterocycles. The van der Waals surface area contributed by atoms with Crippen LogP contribution in [0.4, 0.5) is 10.1 Å². The average Bonchev–Trinajstić information content (AvgIpc) is 3.21. The summed E-state index contributed by atoms with van der Waals surface area (Å²) in [4.78, 5) is 15.8. The van der Waals surface area contributed by atoms with Gasteiger partial charge in [0.05, 0.1) is 5.69 Å². The first-order chi connectivity index (χ1) is 14.0. The van der Waals surface area contributed by atoms with E-state index in [0.29, 0.717) is 6.54 Å². The van der Waals surface area contributed by atoms with Crippen molar-refractivity contribution in [2.75, 3.05) is 5.32 Å². The van der Waals surface area contributed by atoms with E-state index in [-0.39, 0.29) is 11.3 Å². The minimum Gasteiger partial charge on any atom is -0.378 e. The normalized spacial score (nSPS) is 10.9. The van der Waals surface area contributed by atoms with Crippen LogP contribution in [0.1, 0.15) is 21.5 Å². The summed E-state index contributed by atoms with van der Waals surface area (Å²) >= 11 is 0. The Morgan fingerprint density at radius 1 is 1.14 bits per heavy atom. The fraction of sp³-hybridized carbons (Fsp3) is 0.0909. The summed E-state index contributed by atoms with van der Waals surface area (Å²) in [6.07, 6.45) is 5.61. The largest absolute Gasteiger partial charge is 0.378 e. The fourth-order valence-corrected chi connectivity index (χ4v) is 3.19. The number of rotatable bonds is 5. The molecular formula is C22H19FN4O2. The van der Waals surface area contributed by atoms with Crippen LogP contribution in [0.25, 0.3) is 16.8 Å². The van der Waals surface area contributed by atoms with Gasteiger partial charge in [-0.05, 0) is 42.3 Å². The van der Waals surface area contributed by atoms with Gasteiger partial charge in [-0.3, -0.25) is 10.0 Å². The van der Waals surface area contributed by atoms with Crippen molar-refractivity contribution in [1.82, 2.24) is 14.9 Å². The number of pyridine rings is 1. The molecule has 2 heterocycles. The number of aryl methyl sites for hydroxylation is 1. The first-order valence-electron chi connectivity index (χ1n) is 9.05. The highest BCUT2D eigenvalue weighted by molar-refractivity contribution is 5.93. The lowest BCUT2D eigenvalue weighted by Gasteiger charge is -2.12. The number of nitrogens with one attached hydrogen (secondary N) is 2. The molecule has 0 aliphatic heterocycles. The number of carbonyl (C=O) groups excluding carboxylic acids is 1. The van der Waals surface area contributed by atoms with Gasteiger partial charge in [0.1, 0.15) is 11.5 Å². The van der Waals surface area contributed by atoms with Crippen molar-refractivity contribution in [3.63, 3.8) is 0 Å². The van der Waals surface area contributed by atoms with Crippen molar-refractivity contribution in [2.24, 2.45) is 0 Å². The quantitative estimate of drug-likeness (QED) is 0.353. The second kappa shape index (κ2) is 7.73. The number of hydrogen-bond donors (Lipinski definition) is 3. The summed E-state index contributed by atoms with van der Waals surface area (Å²) in [6, 6.07) is 14.3. The summed E-state index contributed by atoms with van der Waals surface area (Å²) in [5.41, 5.74) is 6.77. The van der Waals surface area contributed by atoms with Crippen molar-refractivity contribution in [3.8, 4) is 11.1 Å². The maximum Gasteiger partial charge on any atom is 0.274 e. The van der Waals surface area contributed by atoms with Gasteiger partial charge >= 0.3 is 0 Å². The molecule has 4 rings (SSSR count). The molecule has 0 aliphatic rings. The first-order valence-corrected chi connectivity index (χ1v) is 9.05. The average molecular weight is 390 g/mol. The van der Waals surface area contributed by atoms with Crippen molar-refractivity contribution in [3.05, 3.63) is 89.6 Å². The lowest BCUT2D eigenvalue weighted by atomic mass is 10.0. The molecule has 0 radical (unpaired) electrons. The van der Waals surface area contributed by atoms with E-state index < -0.39 is 11.7 Å². The molecule has 146 valence electrons. The molecule has 0 atom stereocenters. The number of amides is 1. The third-order valence-electron chi connectivity index (χ3n) is 4.75. The highest BCUT2D eigenvalue weighted by Crippen LogP contribution is 2.24. The molecule has 4 aromatic rings. The summed E-state index contributed by atoms with van der Waals surface area (Å²) in [5, 5.41) is 11.7. The van der Waals surface area contributed by atoms with E-state index in [1.165, 1.54) is 23.2 Å². The molecular weight excluding hydrogens is 371 g/mol. The lowest BCUT2D eigenvalue weighted by Crippen LogP contribution is -2.18. The summed E-state index contributed by atoms with van der Waals surface area (Å²) in [5.74, 6) is -1.35. The van der Waals surface area contributed by atoms with Crippen molar-refractivity contribution in [1.29, 1.82) is 0 Å². The highest BCUT2D eigenvalue weighted by Gasteiger charge is 2.11. The smallest absolute Gasteiger partial charge is 0.274 e. The van der Waals surface area contributed by atoms with Crippen LogP contribution in [0.3, 0.4) is 0 Å². The van der Waals surface area contributed by atoms with Crippen molar-refractivity contribution in [2.45, 2.75) is 13.5 Å². The van der Waals surface area contributed by atoms with Gasteiger partial charge in [0.25, 0.3) is 5.91 Å². The Kier molecular flexibility index (Phi) is 4.97. The van der Waals surface area contributed by atoms with E-state index in [9.17, 15) is 9.18 Å². The number of benzene rings is 2. The number of halogens is 1. The fourth-order valence-electron chi connectivity index (χ4n) is 3.19. The molecule has 6 nitrogen and oxygen atoms in total. The monoisotopic (exact) mass is 390 g/mol. The molecule has 0 unspecified atom stereocenters. The van der Waals surface area contributed by atoms with Crippen molar-refractivity contribution >= 4 is 17.2 Å². The predicted octanol–water partition coefficient (Wildman–Crippen LogP) is 4.18. The Balaban J connectivity index is 1.63. The van der Waals surface area contributed by atoms with Crippen molar-refractivity contribution < 1.29 is 14.4 Å². The minimum absolute atomic E-state index is 0.0348. The lowest BCUT2D eigenvalue weighted by molar-refractivity contribution is 0.0706. The van der Waals surface area contributed by atoms with Gasteiger partial charge in [-0.2, -0.15) is 0 Å². The molecule has 0 fully saturated rings. The standard InChI is InChI=1S/C22H19FN4O2/c1-14-2-4-15(5-3-14)18-10-17(21-24-8-9-27(21)13-18)12-25-20-7-6-16(11-19(20)23)22(28)26-29/h2-11,13,25,29H,12H2,1H3,(H,26,28). The van der Waals surface area contributed by atoms with Crippen LogP contribution in [-0.4, -0.2) is 20.5 Å². The number of hydroxylamine groups is 1. The van der Waals surface area contributed by atoms with E-state index in [2.05, 4.69) is 34.6 Å². The Morgan fingerprint density at radius 2 is 1.93 bits per heavy atom.